The number of anilines is 1. The van der Waals surface area contributed by atoms with Crippen LogP contribution in [0.5, 0.6) is 0 Å². The van der Waals surface area contributed by atoms with Gasteiger partial charge in [-0.1, -0.05) is 29.3 Å². The number of aryl methyl sites for hydroxylation is 2. The van der Waals surface area contributed by atoms with Gasteiger partial charge in [0.2, 0.25) is 0 Å². The Morgan fingerprint density at radius 2 is 1.70 bits per heavy atom. The van der Waals surface area contributed by atoms with Gasteiger partial charge in [-0.05, 0) is 55.8 Å². The highest BCUT2D eigenvalue weighted by Gasteiger charge is 2.17. The smallest absolute Gasteiger partial charge is 0.288 e. The van der Waals surface area contributed by atoms with E-state index < -0.39 is 10.8 Å². The largest absolute Gasteiger partial charge is 0.322 e. The van der Waals surface area contributed by atoms with E-state index in [1.165, 1.54) is 16.9 Å². The summed E-state index contributed by atoms with van der Waals surface area (Å²) in [6.07, 6.45) is 0. The first-order valence-corrected chi connectivity index (χ1v) is 9.39. The fourth-order valence-corrected chi connectivity index (χ4v) is 3.17. The van der Waals surface area contributed by atoms with Crippen molar-refractivity contribution in [2.24, 2.45) is 0 Å². The summed E-state index contributed by atoms with van der Waals surface area (Å²) in [6.45, 7) is 3.84. The van der Waals surface area contributed by atoms with Gasteiger partial charge in [-0.15, -0.1) is 10.2 Å². The molecule has 0 saturated heterocycles. The molecule has 4 rings (SSSR count). The Balaban J connectivity index is 1.65. The molecule has 30 heavy (non-hydrogen) atoms. The SMILES string of the molecule is Cc1ccc(-n2nc3cc(C)c(NC(=O)c4ccc(Cl)c([N+](=O)[O-])c4)cc3n2)cc1. The summed E-state index contributed by atoms with van der Waals surface area (Å²) in [5.41, 5.74) is 4.40. The second-order valence-corrected chi connectivity index (χ2v) is 7.27. The van der Waals surface area contributed by atoms with E-state index in [4.69, 9.17) is 11.6 Å². The van der Waals surface area contributed by atoms with E-state index in [0.29, 0.717) is 16.7 Å². The van der Waals surface area contributed by atoms with E-state index in [0.717, 1.165) is 22.9 Å². The predicted octanol–water partition coefficient (Wildman–Crippen LogP) is 4.85. The molecule has 0 unspecified atom stereocenters. The van der Waals surface area contributed by atoms with Crippen molar-refractivity contribution in [3.05, 3.63) is 86.4 Å². The Morgan fingerprint density at radius 3 is 2.37 bits per heavy atom. The molecule has 0 radical (unpaired) electrons. The lowest BCUT2D eigenvalue weighted by Gasteiger charge is -2.08. The van der Waals surface area contributed by atoms with E-state index in [2.05, 4.69) is 15.5 Å². The van der Waals surface area contributed by atoms with Crippen molar-refractivity contribution >= 4 is 39.9 Å². The number of aromatic nitrogens is 3. The molecular formula is C21H16ClN5O3. The fraction of sp³-hybridized carbons (Fsp3) is 0.0952. The number of nitrogens with one attached hydrogen (secondary N) is 1. The van der Waals surface area contributed by atoms with Gasteiger partial charge in [-0.3, -0.25) is 14.9 Å². The maximum Gasteiger partial charge on any atom is 0.288 e. The summed E-state index contributed by atoms with van der Waals surface area (Å²) in [7, 11) is 0. The number of nitro benzene ring substituents is 1. The van der Waals surface area contributed by atoms with Crippen molar-refractivity contribution < 1.29 is 9.72 Å². The molecule has 0 aliphatic rings. The lowest BCUT2D eigenvalue weighted by atomic mass is 10.1. The molecule has 1 aromatic heterocycles. The van der Waals surface area contributed by atoms with Gasteiger partial charge in [0, 0.05) is 17.3 Å². The van der Waals surface area contributed by atoms with Crippen LogP contribution in [-0.2, 0) is 0 Å². The summed E-state index contributed by atoms with van der Waals surface area (Å²) >= 11 is 5.82. The summed E-state index contributed by atoms with van der Waals surface area (Å²) < 4.78 is 0. The van der Waals surface area contributed by atoms with Crippen LogP contribution in [0.15, 0.2) is 54.6 Å². The average molecular weight is 422 g/mol. The monoisotopic (exact) mass is 421 g/mol. The number of nitrogens with zero attached hydrogens (tertiary/aromatic N) is 4. The zero-order valence-electron chi connectivity index (χ0n) is 16.1. The molecule has 9 heteroatoms. The van der Waals surface area contributed by atoms with Crippen LogP contribution in [0.3, 0.4) is 0 Å². The van der Waals surface area contributed by atoms with E-state index in [9.17, 15) is 14.9 Å². The van der Waals surface area contributed by atoms with Crippen molar-refractivity contribution in [2.75, 3.05) is 5.32 Å². The Morgan fingerprint density at radius 1 is 1.03 bits per heavy atom. The summed E-state index contributed by atoms with van der Waals surface area (Å²) in [4.78, 5) is 24.6. The van der Waals surface area contributed by atoms with Crippen molar-refractivity contribution in [1.82, 2.24) is 15.0 Å². The molecule has 0 saturated carbocycles. The third-order valence-electron chi connectivity index (χ3n) is 4.64. The third kappa shape index (κ3) is 3.72. The van der Waals surface area contributed by atoms with Crippen molar-refractivity contribution in [3.8, 4) is 5.69 Å². The second kappa shape index (κ2) is 7.57. The van der Waals surface area contributed by atoms with E-state index in [1.807, 2.05) is 44.2 Å². The van der Waals surface area contributed by atoms with Gasteiger partial charge in [0.05, 0.1) is 10.6 Å². The number of benzene rings is 3. The molecule has 1 heterocycles. The molecule has 0 aliphatic carbocycles. The number of nitro groups is 1. The summed E-state index contributed by atoms with van der Waals surface area (Å²) in [5, 5.41) is 22.8. The van der Waals surface area contributed by atoms with Gasteiger partial charge in [0.15, 0.2) is 0 Å². The number of hydrogen-bond acceptors (Lipinski definition) is 5. The highest BCUT2D eigenvalue weighted by atomic mass is 35.5. The van der Waals surface area contributed by atoms with Gasteiger partial charge in [0.1, 0.15) is 16.1 Å². The summed E-state index contributed by atoms with van der Waals surface area (Å²) in [5.74, 6) is -0.483. The van der Waals surface area contributed by atoms with Crippen LogP contribution in [0.2, 0.25) is 5.02 Å². The normalized spacial score (nSPS) is 10.9. The lowest BCUT2D eigenvalue weighted by molar-refractivity contribution is -0.384. The van der Waals surface area contributed by atoms with Crippen LogP contribution in [0, 0.1) is 24.0 Å². The quantitative estimate of drug-likeness (QED) is 0.374. The topological polar surface area (TPSA) is 103 Å². The first-order valence-electron chi connectivity index (χ1n) is 9.02. The van der Waals surface area contributed by atoms with Crippen LogP contribution in [0.25, 0.3) is 16.7 Å². The lowest BCUT2D eigenvalue weighted by Crippen LogP contribution is -2.13. The van der Waals surface area contributed by atoms with Crippen molar-refractivity contribution in [1.29, 1.82) is 0 Å². The second-order valence-electron chi connectivity index (χ2n) is 6.86. The molecule has 4 aromatic rings. The molecule has 0 atom stereocenters. The third-order valence-corrected chi connectivity index (χ3v) is 4.96. The van der Waals surface area contributed by atoms with Crippen LogP contribution in [0.1, 0.15) is 21.5 Å². The molecule has 0 fully saturated rings. The van der Waals surface area contributed by atoms with Gasteiger partial charge < -0.3 is 5.32 Å². The van der Waals surface area contributed by atoms with Crippen LogP contribution in [-0.4, -0.2) is 25.8 Å². The predicted molar refractivity (Wildman–Crippen MR) is 114 cm³/mol. The fourth-order valence-electron chi connectivity index (χ4n) is 2.98. The highest BCUT2D eigenvalue weighted by Crippen LogP contribution is 2.27. The van der Waals surface area contributed by atoms with E-state index in [-0.39, 0.29) is 16.3 Å². The highest BCUT2D eigenvalue weighted by molar-refractivity contribution is 6.32. The first kappa shape index (κ1) is 19.5. The standard InChI is InChI=1S/C21H16ClN5O3/c1-12-3-6-15(7-4-12)26-24-18-9-13(2)17(11-19(18)25-26)23-21(28)14-5-8-16(22)20(10-14)27(29)30/h3-11H,1-2H3,(H,23,28). The molecule has 8 nitrogen and oxygen atoms in total. The van der Waals surface area contributed by atoms with Crippen LogP contribution in [0.4, 0.5) is 11.4 Å². The molecule has 0 spiro atoms. The Labute approximate surface area is 176 Å². The van der Waals surface area contributed by atoms with Gasteiger partial charge in [-0.25, -0.2) is 0 Å². The van der Waals surface area contributed by atoms with Crippen LogP contribution >= 0.6 is 11.6 Å². The van der Waals surface area contributed by atoms with Crippen LogP contribution < -0.4 is 5.32 Å². The number of rotatable bonds is 4. The summed E-state index contributed by atoms with van der Waals surface area (Å²) in [6, 6.07) is 15.3. The molecular weight excluding hydrogens is 406 g/mol. The first-order chi connectivity index (χ1) is 14.3. The van der Waals surface area contributed by atoms with Crippen molar-refractivity contribution in [3.63, 3.8) is 0 Å². The average Bonchev–Trinajstić information content (AvgIpc) is 3.11. The molecule has 0 aliphatic heterocycles. The maximum absolute atomic E-state index is 12.6. The number of fused-ring (bicyclic) bond motifs is 1. The Hall–Kier alpha value is -3.78. The van der Waals surface area contributed by atoms with Gasteiger partial charge in [-0.2, -0.15) is 4.80 Å². The Bertz CT molecular complexity index is 1300. The minimum Gasteiger partial charge on any atom is -0.322 e. The zero-order valence-corrected chi connectivity index (χ0v) is 16.8. The van der Waals surface area contributed by atoms with Crippen molar-refractivity contribution in [2.45, 2.75) is 13.8 Å². The number of halogens is 1. The molecule has 150 valence electrons. The van der Waals surface area contributed by atoms with Gasteiger partial charge >= 0.3 is 0 Å². The number of carbonyl (C=O) groups excluding carboxylic acids is 1. The maximum atomic E-state index is 12.6. The number of carbonyl (C=O) groups is 1. The Kier molecular flexibility index (Phi) is 4.93. The molecule has 1 amide bonds. The molecule has 0 bridgehead atoms. The van der Waals surface area contributed by atoms with E-state index in [1.54, 1.807) is 6.07 Å². The minimum absolute atomic E-state index is 0.0260. The number of hydrogen-bond donors (Lipinski definition) is 1. The molecule has 1 N–H and O–H groups in total. The zero-order chi connectivity index (χ0) is 21.4. The minimum atomic E-state index is -0.625. The molecule has 3 aromatic carbocycles. The number of amides is 1. The van der Waals surface area contributed by atoms with E-state index >= 15 is 0 Å². The van der Waals surface area contributed by atoms with Gasteiger partial charge in [0.25, 0.3) is 11.6 Å².